The lowest BCUT2D eigenvalue weighted by Gasteiger charge is -2.36. The summed E-state index contributed by atoms with van der Waals surface area (Å²) in [4.78, 5) is 17.0. The molecule has 2 aromatic carbocycles. The minimum absolute atomic E-state index is 0.00395. The van der Waals surface area contributed by atoms with Crippen LogP contribution in [-0.2, 0) is 11.3 Å². The first-order chi connectivity index (χ1) is 15.3. The number of aliphatic hydroxyl groups excluding tert-OH is 1. The number of hydrogen-bond acceptors (Lipinski definition) is 6. The number of carbonyl (C=O) groups is 1. The van der Waals surface area contributed by atoms with E-state index in [-0.39, 0.29) is 24.7 Å². The average molecular weight is 441 g/mol. The highest BCUT2D eigenvalue weighted by molar-refractivity contribution is 5.78. The molecule has 1 amide bonds. The summed E-state index contributed by atoms with van der Waals surface area (Å²) in [6.45, 7) is 8.79. The summed E-state index contributed by atoms with van der Waals surface area (Å²) >= 11 is 0. The number of nitrogens with zero attached hydrogens (tertiary/aromatic N) is 2. The summed E-state index contributed by atoms with van der Waals surface area (Å²) in [5.41, 5.74) is 1.94. The van der Waals surface area contributed by atoms with Crippen molar-refractivity contribution in [1.82, 2.24) is 4.90 Å². The van der Waals surface area contributed by atoms with Gasteiger partial charge in [-0.2, -0.15) is 0 Å². The van der Waals surface area contributed by atoms with Gasteiger partial charge in [-0.05, 0) is 29.2 Å². The Hall–Kier alpha value is -2.93. The number of para-hydroxylation sites is 1. The van der Waals surface area contributed by atoms with Crippen molar-refractivity contribution < 1.29 is 24.1 Å². The second kappa shape index (κ2) is 9.28. The molecule has 2 aliphatic heterocycles. The van der Waals surface area contributed by atoms with Gasteiger partial charge in [0.15, 0.2) is 11.5 Å². The van der Waals surface area contributed by atoms with Crippen LogP contribution in [0, 0.1) is 5.41 Å². The maximum atomic E-state index is 13.0. The monoisotopic (exact) mass is 440 g/mol. The Balaban J connectivity index is 1.55. The van der Waals surface area contributed by atoms with E-state index >= 15 is 0 Å². The summed E-state index contributed by atoms with van der Waals surface area (Å²) in [5, 5.41) is 10.7. The van der Waals surface area contributed by atoms with Crippen molar-refractivity contribution in [2.75, 3.05) is 37.9 Å². The molecule has 2 heterocycles. The molecule has 7 nitrogen and oxygen atoms in total. The van der Waals surface area contributed by atoms with Gasteiger partial charge in [0.2, 0.25) is 12.7 Å². The second-order valence-electron chi connectivity index (χ2n) is 9.62. The van der Waals surface area contributed by atoms with Gasteiger partial charge in [-0.15, -0.1) is 0 Å². The zero-order valence-corrected chi connectivity index (χ0v) is 19.0. The molecule has 0 saturated heterocycles. The maximum Gasteiger partial charge on any atom is 0.231 e. The molecule has 0 bridgehead atoms. The van der Waals surface area contributed by atoms with Crippen LogP contribution in [0.3, 0.4) is 0 Å². The second-order valence-corrected chi connectivity index (χ2v) is 9.62. The highest BCUT2D eigenvalue weighted by Gasteiger charge is 2.29. The van der Waals surface area contributed by atoms with Gasteiger partial charge in [0.1, 0.15) is 18.5 Å². The average Bonchev–Trinajstić information content (AvgIpc) is 3.20. The third-order valence-electron chi connectivity index (χ3n) is 5.51. The highest BCUT2D eigenvalue weighted by atomic mass is 16.7. The van der Waals surface area contributed by atoms with E-state index in [2.05, 4.69) is 25.7 Å². The molecule has 2 aromatic rings. The molecule has 4 rings (SSSR count). The van der Waals surface area contributed by atoms with Crippen LogP contribution >= 0.6 is 0 Å². The Labute approximate surface area is 189 Å². The molecule has 32 heavy (non-hydrogen) atoms. The molecule has 1 unspecified atom stereocenters. The van der Waals surface area contributed by atoms with Gasteiger partial charge in [-0.1, -0.05) is 39.0 Å². The van der Waals surface area contributed by atoms with Crippen LogP contribution in [0.1, 0.15) is 32.8 Å². The topological polar surface area (TPSA) is 71.5 Å². The fourth-order valence-corrected chi connectivity index (χ4v) is 4.12. The number of fused-ring (bicyclic) bond motifs is 2. The molecule has 2 aliphatic rings. The van der Waals surface area contributed by atoms with Gasteiger partial charge < -0.3 is 29.1 Å². The van der Waals surface area contributed by atoms with Crippen LogP contribution in [0.15, 0.2) is 42.5 Å². The lowest BCUT2D eigenvalue weighted by molar-refractivity contribution is -0.133. The molecular formula is C25H32N2O5. The van der Waals surface area contributed by atoms with E-state index in [9.17, 15) is 9.90 Å². The number of hydrogen-bond donors (Lipinski definition) is 1. The Kier molecular flexibility index (Phi) is 6.46. The summed E-state index contributed by atoms with van der Waals surface area (Å²) in [6, 6.07) is 13.4. The zero-order valence-electron chi connectivity index (χ0n) is 19.0. The highest BCUT2D eigenvalue weighted by Crippen LogP contribution is 2.40. The molecular weight excluding hydrogens is 408 g/mol. The van der Waals surface area contributed by atoms with Crippen LogP contribution in [0.25, 0.3) is 0 Å². The van der Waals surface area contributed by atoms with Crippen molar-refractivity contribution in [1.29, 1.82) is 0 Å². The van der Waals surface area contributed by atoms with E-state index in [1.165, 1.54) is 0 Å². The van der Waals surface area contributed by atoms with Crippen molar-refractivity contribution in [3.05, 3.63) is 48.0 Å². The first-order valence-corrected chi connectivity index (χ1v) is 11.1. The SMILES string of the molecule is CC(C)(C)CN1Cc2cc3c(cc2N(CC(O)COc2ccccc2)CCC1=O)OCO3. The molecule has 0 saturated carbocycles. The lowest BCUT2D eigenvalue weighted by atomic mass is 9.95. The lowest BCUT2D eigenvalue weighted by Crippen LogP contribution is -2.43. The first-order valence-electron chi connectivity index (χ1n) is 11.1. The van der Waals surface area contributed by atoms with Crippen LogP contribution in [0.5, 0.6) is 17.2 Å². The molecule has 172 valence electrons. The van der Waals surface area contributed by atoms with Crippen LogP contribution < -0.4 is 19.1 Å². The number of carbonyl (C=O) groups excluding carboxylic acids is 1. The molecule has 0 aromatic heterocycles. The van der Waals surface area contributed by atoms with Crippen molar-refractivity contribution in [3.63, 3.8) is 0 Å². The Morgan fingerprint density at radius 3 is 2.53 bits per heavy atom. The molecule has 0 fully saturated rings. The summed E-state index contributed by atoms with van der Waals surface area (Å²) < 4.78 is 16.9. The maximum absolute atomic E-state index is 13.0. The van der Waals surface area contributed by atoms with Gasteiger partial charge in [-0.25, -0.2) is 0 Å². The minimum atomic E-state index is -0.714. The number of amides is 1. The Bertz CT molecular complexity index is 941. The van der Waals surface area contributed by atoms with Crippen LogP contribution in [0.2, 0.25) is 0 Å². The third-order valence-corrected chi connectivity index (χ3v) is 5.51. The Morgan fingerprint density at radius 1 is 1.09 bits per heavy atom. The van der Waals surface area contributed by atoms with Gasteiger partial charge in [0.25, 0.3) is 0 Å². The van der Waals surface area contributed by atoms with E-state index in [1.54, 1.807) is 0 Å². The molecule has 0 radical (unpaired) electrons. The molecule has 1 N–H and O–H groups in total. The van der Waals surface area contributed by atoms with Crippen LogP contribution in [-0.4, -0.2) is 55.1 Å². The molecule has 0 spiro atoms. The summed E-state index contributed by atoms with van der Waals surface area (Å²) in [7, 11) is 0. The van der Waals surface area contributed by atoms with E-state index in [0.717, 1.165) is 17.0 Å². The fourth-order valence-electron chi connectivity index (χ4n) is 4.12. The fraction of sp³-hybridized carbons (Fsp3) is 0.480. The Morgan fingerprint density at radius 2 is 1.81 bits per heavy atom. The van der Waals surface area contributed by atoms with Crippen molar-refractivity contribution in [2.24, 2.45) is 5.41 Å². The minimum Gasteiger partial charge on any atom is -0.491 e. The van der Waals surface area contributed by atoms with Gasteiger partial charge >= 0.3 is 0 Å². The molecule has 0 aliphatic carbocycles. The molecule has 1 atom stereocenters. The van der Waals surface area contributed by atoms with E-state index in [0.29, 0.717) is 44.1 Å². The quantitative estimate of drug-likeness (QED) is 0.742. The first kappa shape index (κ1) is 22.3. The number of anilines is 1. The van der Waals surface area contributed by atoms with E-state index in [4.69, 9.17) is 14.2 Å². The smallest absolute Gasteiger partial charge is 0.231 e. The van der Waals surface area contributed by atoms with Crippen molar-refractivity contribution >= 4 is 11.6 Å². The zero-order chi connectivity index (χ0) is 22.7. The van der Waals surface area contributed by atoms with Gasteiger partial charge in [0.05, 0.1) is 0 Å². The number of aliphatic hydroxyl groups is 1. The van der Waals surface area contributed by atoms with E-state index in [1.807, 2.05) is 47.4 Å². The number of ether oxygens (including phenoxy) is 3. The predicted octanol–water partition coefficient (Wildman–Crippen LogP) is 3.44. The summed E-state index contributed by atoms with van der Waals surface area (Å²) in [6.07, 6.45) is -0.329. The van der Waals surface area contributed by atoms with Gasteiger partial charge in [0, 0.05) is 44.4 Å². The molecule has 7 heteroatoms. The van der Waals surface area contributed by atoms with Crippen LogP contribution in [0.4, 0.5) is 5.69 Å². The largest absolute Gasteiger partial charge is 0.491 e. The third kappa shape index (κ3) is 5.46. The predicted molar refractivity (Wildman–Crippen MR) is 122 cm³/mol. The van der Waals surface area contributed by atoms with E-state index < -0.39 is 6.10 Å². The normalized spacial score (nSPS) is 16.9. The van der Waals surface area contributed by atoms with Crippen molar-refractivity contribution in [2.45, 2.75) is 39.8 Å². The van der Waals surface area contributed by atoms with Crippen molar-refractivity contribution in [3.8, 4) is 17.2 Å². The summed E-state index contributed by atoms with van der Waals surface area (Å²) in [5.74, 6) is 2.22. The standard InChI is InChI=1S/C25H32N2O5/c1-25(2,3)16-27-13-18-11-22-23(32-17-31-22)12-21(18)26(10-9-24(27)29)14-19(28)15-30-20-7-5-4-6-8-20/h4-8,11-12,19,28H,9-10,13-17H2,1-3H3. The number of benzene rings is 2. The van der Waals surface area contributed by atoms with Gasteiger partial charge in [-0.3, -0.25) is 4.79 Å². The number of β-amino-alcohol motifs (C(OH)–C–C–N with tert-alkyl or cyclic N) is 1. The number of rotatable bonds is 6.